The number of hydrogen-bond donors (Lipinski definition) is 1. The fraction of sp³-hybridized carbons (Fsp3) is 0.778. The molecule has 1 atom stereocenters. The van der Waals surface area contributed by atoms with Crippen molar-refractivity contribution < 1.29 is 4.52 Å². The fourth-order valence-electron chi connectivity index (χ4n) is 1.63. The quantitative estimate of drug-likeness (QED) is 0.821. The van der Waals surface area contributed by atoms with Gasteiger partial charge in [-0.25, -0.2) is 0 Å². The number of thioether (sulfide) groups is 1. The Labute approximate surface area is 87.6 Å². The maximum atomic E-state index is 5.39. The van der Waals surface area contributed by atoms with Gasteiger partial charge in [0.1, 0.15) is 0 Å². The number of rotatable bonds is 3. The van der Waals surface area contributed by atoms with Gasteiger partial charge in [-0.1, -0.05) is 11.6 Å². The number of nitrogens with two attached hydrogens (primary N) is 1. The molecule has 1 fully saturated rings. The fourth-order valence-corrected chi connectivity index (χ4v) is 2.93. The van der Waals surface area contributed by atoms with Gasteiger partial charge in [0.2, 0.25) is 5.89 Å². The average Bonchev–Trinajstić information content (AvgIpc) is 2.67. The molecule has 78 valence electrons. The summed E-state index contributed by atoms with van der Waals surface area (Å²) in [4.78, 5) is 4.21. The second kappa shape index (κ2) is 4.79. The summed E-state index contributed by atoms with van der Waals surface area (Å²) < 4.78 is 4.96. The lowest BCUT2D eigenvalue weighted by Crippen LogP contribution is -2.13. The minimum atomic E-state index is 0.338. The summed E-state index contributed by atoms with van der Waals surface area (Å²) in [7, 11) is 0. The van der Waals surface area contributed by atoms with Crippen LogP contribution >= 0.6 is 11.8 Å². The maximum absolute atomic E-state index is 5.39. The molecule has 4 nitrogen and oxygen atoms in total. The van der Waals surface area contributed by atoms with Crippen molar-refractivity contribution in [1.29, 1.82) is 0 Å². The summed E-state index contributed by atoms with van der Waals surface area (Å²) in [5.74, 6) is 2.62. The molecule has 2 heterocycles. The van der Waals surface area contributed by atoms with Gasteiger partial charge in [0.15, 0.2) is 5.82 Å². The molecular formula is C9H15N3OS. The number of hydrogen-bond acceptors (Lipinski definition) is 5. The molecule has 2 N–H and O–H groups in total. The van der Waals surface area contributed by atoms with E-state index in [4.69, 9.17) is 10.3 Å². The molecule has 0 radical (unpaired) electrons. The van der Waals surface area contributed by atoms with Gasteiger partial charge in [0.05, 0.1) is 6.54 Å². The zero-order valence-electron chi connectivity index (χ0n) is 8.11. The summed E-state index contributed by atoms with van der Waals surface area (Å²) in [6, 6.07) is 0. The van der Waals surface area contributed by atoms with Crippen LogP contribution in [0.5, 0.6) is 0 Å². The number of nitrogens with zero attached hydrogens (tertiary/aromatic N) is 2. The van der Waals surface area contributed by atoms with Crippen LogP contribution in [0, 0.1) is 0 Å². The van der Waals surface area contributed by atoms with Crippen LogP contribution in [0.2, 0.25) is 0 Å². The third-order valence-electron chi connectivity index (χ3n) is 2.37. The lowest BCUT2D eigenvalue weighted by atomic mass is 10.1. The Kier molecular flexibility index (Phi) is 3.42. The second-order valence-corrected chi connectivity index (χ2v) is 4.91. The van der Waals surface area contributed by atoms with Gasteiger partial charge < -0.3 is 10.3 Å². The second-order valence-electron chi connectivity index (χ2n) is 3.50. The lowest BCUT2D eigenvalue weighted by Gasteiger charge is -2.19. The molecule has 5 heteroatoms. The topological polar surface area (TPSA) is 64.9 Å². The first kappa shape index (κ1) is 9.98. The predicted octanol–water partition coefficient (Wildman–Crippen LogP) is 1.36. The monoisotopic (exact) mass is 213 g/mol. The van der Waals surface area contributed by atoms with Gasteiger partial charge in [-0.15, -0.1) is 0 Å². The molecule has 1 aromatic heterocycles. The summed E-state index contributed by atoms with van der Waals surface area (Å²) >= 11 is 2.02. The van der Waals surface area contributed by atoms with Crippen molar-refractivity contribution in [3.63, 3.8) is 0 Å². The molecule has 1 aliphatic heterocycles. The molecule has 1 aromatic rings. The summed E-state index contributed by atoms with van der Waals surface area (Å²) in [6.45, 7) is 0.338. The molecule has 1 unspecified atom stereocenters. The Hall–Kier alpha value is -0.550. The van der Waals surface area contributed by atoms with Gasteiger partial charge in [-0.2, -0.15) is 16.7 Å². The third-order valence-corrected chi connectivity index (χ3v) is 3.77. The van der Waals surface area contributed by atoms with Crippen molar-refractivity contribution >= 4 is 11.8 Å². The van der Waals surface area contributed by atoms with E-state index in [-0.39, 0.29) is 0 Å². The smallest absolute Gasteiger partial charge is 0.240 e. The first-order valence-corrected chi connectivity index (χ1v) is 6.06. The molecule has 1 saturated heterocycles. The van der Waals surface area contributed by atoms with Crippen LogP contribution in [0.1, 0.15) is 31.0 Å². The van der Waals surface area contributed by atoms with Gasteiger partial charge in [0.25, 0.3) is 0 Å². The van der Waals surface area contributed by atoms with Crippen molar-refractivity contribution in [3.8, 4) is 0 Å². The van der Waals surface area contributed by atoms with Gasteiger partial charge >= 0.3 is 0 Å². The first-order valence-electron chi connectivity index (χ1n) is 5.01. The normalized spacial score (nSPS) is 22.5. The van der Waals surface area contributed by atoms with Crippen LogP contribution in [-0.4, -0.2) is 21.1 Å². The molecule has 0 saturated carbocycles. The van der Waals surface area contributed by atoms with Crippen LogP contribution in [-0.2, 0) is 13.0 Å². The van der Waals surface area contributed by atoms with Gasteiger partial charge in [-0.05, 0) is 18.6 Å². The van der Waals surface area contributed by atoms with Crippen molar-refractivity contribution in [2.45, 2.75) is 37.5 Å². The average molecular weight is 213 g/mol. The maximum Gasteiger partial charge on any atom is 0.240 e. The van der Waals surface area contributed by atoms with Crippen LogP contribution in [0.4, 0.5) is 0 Å². The van der Waals surface area contributed by atoms with Crippen LogP contribution in [0.3, 0.4) is 0 Å². The Morgan fingerprint density at radius 1 is 1.50 bits per heavy atom. The molecular weight excluding hydrogens is 198 g/mol. The molecule has 0 spiro atoms. The van der Waals surface area contributed by atoms with Crippen LogP contribution in [0.25, 0.3) is 0 Å². The molecule has 0 amide bonds. The van der Waals surface area contributed by atoms with Crippen molar-refractivity contribution in [3.05, 3.63) is 11.7 Å². The largest absolute Gasteiger partial charge is 0.338 e. The summed E-state index contributed by atoms with van der Waals surface area (Å²) in [6.07, 6.45) is 4.88. The van der Waals surface area contributed by atoms with Crippen LogP contribution < -0.4 is 5.73 Å². The van der Waals surface area contributed by atoms with Gasteiger partial charge in [0, 0.05) is 11.7 Å². The number of aromatic nitrogens is 2. The van der Waals surface area contributed by atoms with Gasteiger partial charge in [-0.3, -0.25) is 0 Å². The Balaban J connectivity index is 1.89. The molecule has 14 heavy (non-hydrogen) atoms. The predicted molar refractivity (Wildman–Crippen MR) is 56.0 cm³/mol. The molecule has 0 bridgehead atoms. The standard InChI is InChI=1S/C9H15N3OS/c10-6-9-11-8(12-13-9)5-7-3-1-2-4-14-7/h7H,1-6,10H2. The Bertz CT molecular complexity index is 283. The van der Waals surface area contributed by atoms with E-state index in [1.165, 1.54) is 25.0 Å². The highest BCUT2D eigenvalue weighted by atomic mass is 32.2. The highest BCUT2D eigenvalue weighted by Gasteiger charge is 2.17. The summed E-state index contributed by atoms with van der Waals surface area (Å²) in [5.41, 5.74) is 5.39. The molecule has 0 aliphatic carbocycles. The molecule has 0 aromatic carbocycles. The van der Waals surface area contributed by atoms with E-state index in [1.54, 1.807) is 0 Å². The van der Waals surface area contributed by atoms with Crippen molar-refractivity contribution in [2.75, 3.05) is 5.75 Å². The van der Waals surface area contributed by atoms with Crippen molar-refractivity contribution in [2.24, 2.45) is 5.73 Å². The van der Waals surface area contributed by atoms with E-state index < -0.39 is 0 Å². The van der Waals surface area contributed by atoms with E-state index >= 15 is 0 Å². The minimum Gasteiger partial charge on any atom is -0.338 e. The van der Waals surface area contributed by atoms with E-state index in [1.807, 2.05) is 11.8 Å². The zero-order chi connectivity index (χ0) is 9.80. The Morgan fingerprint density at radius 2 is 2.43 bits per heavy atom. The third kappa shape index (κ3) is 2.48. The lowest BCUT2D eigenvalue weighted by molar-refractivity contribution is 0.374. The first-order chi connectivity index (χ1) is 6.88. The molecule has 1 aliphatic rings. The van der Waals surface area contributed by atoms with E-state index in [0.717, 1.165) is 12.2 Å². The highest BCUT2D eigenvalue weighted by Crippen LogP contribution is 2.27. The highest BCUT2D eigenvalue weighted by molar-refractivity contribution is 7.99. The van der Waals surface area contributed by atoms with E-state index in [2.05, 4.69) is 10.1 Å². The van der Waals surface area contributed by atoms with E-state index in [0.29, 0.717) is 17.7 Å². The zero-order valence-corrected chi connectivity index (χ0v) is 8.92. The molecule has 2 rings (SSSR count). The van der Waals surface area contributed by atoms with Crippen LogP contribution in [0.15, 0.2) is 4.52 Å². The Morgan fingerprint density at radius 3 is 3.07 bits per heavy atom. The minimum absolute atomic E-state index is 0.338. The van der Waals surface area contributed by atoms with E-state index in [9.17, 15) is 0 Å². The van der Waals surface area contributed by atoms with Crippen molar-refractivity contribution in [1.82, 2.24) is 10.1 Å². The summed E-state index contributed by atoms with van der Waals surface area (Å²) in [5, 5.41) is 4.57. The SMILES string of the molecule is NCc1nc(CC2CCCCS2)no1.